The molecule has 1 aliphatic carbocycles. The van der Waals surface area contributed by atoms with E-state index in [9.17, 15) is 27.6 Å². The predicted molar refractivity (Wildman–Crippen MR) is 101 cm³/mol. The summed E-state index contributed by atoms with van der Waals surface area (Å²) in [5.41, 5.74) is -0.921. The summed E-state index contributed by atoms with van der Waals surface area (Å²) < 4.78 is 44.0. The lowest BCUT2D eigenvalue weighted by Crippen LogP contribution is -2.51. The number of ether oxygens (including phenoxy) is 1. The van der Waals surface area contributed by atoms with Gasteiger partial charge in [0.15, 0.2) is 0 Å². The number of carbonyl (C=O) groups is 3. The first-order valence-corrected chi connectivity index (χ1v) is 10.5. The summed E-state index contributed by atoms with van der Waals surface area (Å²) in [5.74, 6) is -2.19. The summed E-state index contributed by atoms with van der Waals surface area (Å²) in [4.78, 5) is 39.1. The van der Waals surface area contributed by atoms with Crippen molar-refractivity contribution < 1.29 is 32.3 Å². The van der Waals surface area contributed by atoms with E-state index in [0.29, 0.717) is 31.0 Å². The van der Waals surface area contributed by atoms with Crippen molar-refractivity contribution in [3.8, 4) is 0 Å². The Morgan fingerprint density at radius 2 is 1.83 bits per heavy atom. The van der Waals surface area contributed by atoms with E-state index in [-0.39, 0.29) is 24.3 Å². The van der Waals surface area contributed by atoms with Crippen LogP contribution in [0.4, 0.5) is 18.0 Å². The van der Waals surface area contributed by atoms with Gasteiger partial charge in [-0.3, -0.25) is 9.59 Å². The zero-order valence-corrected chi connectivity index (χ0v) is 17.7. The molecule has 170 valence electrons. The lowest BCUT2D eigenvalue weighted by Gasteiger charge is -2.31. The number of likely N-dealkylation sites (tertiary alicyclic amines) is 2. The van der Waals surface area contributed by atoms with Crippen LogP contribution in [0.15, 0.2) is 0 Å². The van der Waals surface area contributed by atoms with Crippen LogP contribution in [-0.2, 0) is 14.3 Å². The summed E-state index contributed by atoms with van der Waals surface area (Å²) >= 11 is 0. The van der Waals surface area contributed by atoms with Crippen LogP contribution < -0.4 is 5.32 Å². The molecule has 1 saturated carbocycles. The van der Waals surface area contributed by atoms with E-state index in [2.05, 4.69) is 5.32 Å². The minimum Gasteiger partial charge on any atom is -0.444 e. The summed E-state index contributed by atoms with van der Waals surface area (Å²) in [6.45, 7) is 6.43. The fourth-order valence-electron chi connectivity index (χ4n) is 5.07. The molecule has 2 saturated heterocycles. The molecule has 7 nitrogen and oxygen atoms in total. The number of nitrogens with zero attached hydrogens (tertiary/aromatic N) is 2. The topological polar surface area (TPSA) is 79.0 Å². The van der Waals surface area contributed by atoms with Crippen LogP contribution in [0.2, 0.25) is 0 Å². The molecule has 3 aliphatic rings. The van der Waals surface area contributed by atoms with Gasteiger partial charge in [0.05, 0.1) is 0 Å². The Kier molecular flexibility index (Phi) is 5.99. The maximum Gasteiger partial charge on any atom is 0.471 e. The zero-order valence-electron chi connectivity index (χ0n) is 17.7. The fraction of sp³-hybridized carbons (Fsp3) is 0.850. The molecule has 0 unspecified atom stereocenters. The highest BCUT2D eigenvalue weighted by molar-refractivity contribution is 5.90. The van der Waals surface area contributed by atoms with Gasteiger partial charge in [0.1, 0.15) is 11.6 Å². The second-order valence-electron chi connectivity index (χ2n) is 9.68. The smallest absolute Gasteiger partial charge is 0.444 e. The van der Waals surface area contributed by atoms with Gasteiger partial charge in [0, 0.05) is 31.6 Å². The molecule has 2 aliphatic heterocycles. The molecule has 10 heteroatoms. The number of amides is 3. The SMILES string of the molecule is CC(C)(C)OC(=O)NC[C@@]12CCC[C@@H]1CN(C(=O)[C@@H]1CCCN1C(=O)C(F)(F)F)C2. The molecule has 30 heavy (non-hydrogen) atoms. The average molecular weight is 433 g/mol. The maximum atomic E-state index is 13.0. The van der Waals surface area contributed by atoms with Crippen molar-refractivity contribution in [3.63, 3.8) is 0 Å². The number of rotatable bonds is 3. The maximum absolute atomic E-state index is 13.0. The normalized spacial score (nSPS) is 29.1. The minimum atomic E-state index is -4.98. The van der Waals surface area contributed by atoms with Gasteiger partial charge < -0.3 is 19.9 Å². The molecule has 3 fully saturated rings. The molecule has 3 atom stereocenters. The third-order valence-electron chi connectivity index (χ3n) is 6.38. The zero-order chi connectivity index (χ0) is 22.3. The van der Waals surface area contributed by atoms with Gasteiger partial charge in [-0.2, -0.15) is 13.2 Å². The van der Waals surface area contributed by atoms with Gasteiger partial charge in [-0.1, -0.05) is 6.42 Å². The average Bonchev–Trinajstić information content (AvgIpc) is 3.30. The van der Waals surface area contributed by atoms with E-state index in [1.54, 1.807) is 25.7 Å². The van der Waals surface area contributed by atoms with Crippen LogP contribution in [0, 0.1) is 11.3 Å². The van der Waals surface area contributed by atoms with E-state index in [4.69, 9.17) is 4.74 Å². The van der Waals surface area contributed by atoms with Crippen LogP contribution in [0.5, 0.6) is 0 Å². The molecule has 0 aromatic heterocycles. The Hall–Kier alpha value is -2.00. The van der Waals surface area contributed by atoms with Gasteiger partial charge in [0.2, 0.25) is 5.91 Å². The van der Waals surface area contributed by atoms with Crippen molar-refractivity contribution in [1.82, 2.24) is 15.1 Å². The summed E-state index contributed by atoms with van der Waals surface area (Å²) in [7, 11) is 0. The number of fused-ring (bicyclic) bond motifs is 1. The van der Waals surface area contributed by atoms with Crippen molar-refractivity contribution in [2.45, 2.75) is 70.7 Å². The molecule has 2 heterocycles. The Morgan fingerprint density at radius 1 is 1.13 bits per heavy atom. The highest BCUT2D eigenvalue weighted by Crippen LogP contribution is 2.48. The highest BCUT2D eigenvalue weighted by Gasteiger charge is 2.53. The second kappa shape index (κ2) is 7.92. The van der Waals surface area contributed by atoms with Gasteiger partial charge in [-0.15, -0.1) is 0 Å². The lowest BCUT2D eigenvalue weighted by molar-refractivity contribution is -0.187. The molecule has 0 aromatic carbocycles. The second-order valence-corrected chi connectivity index (χ2v) is 9.68. The number of halogens is 3. The third-order valence-corrected chi connectivity index (χ3v) is 6.38. The number of hydrogen-bond acceptors (Lipinski definition) is 4. The monoisotopic (exact) mass is 433 g/mol. The van der Waals surface area contributed by atoms with E-state index in [0.717, 1.165) is 19.3 Å². The first kappa shape index (κ1) is 22.7. The number of alkyl carbamates (subject to hydrolysis) is 1. The Bertz CT molecular complexity index is 706. The van der Waals surface area contributed by atoms with Gasteiger partial charge >= 0.3 is 18.2 Å². The molecule has 1 N–H and O–H groups in total. The quantitative estimate of drug-likeness (QED) is 0.742. The Labute approximate surface area is 174 Å². The summed E-state index contributed by atoms with van der Waals surface area (Å²) in [5, 5.41) is 2.81. The number of nitrogens with one attached hydrogen (secondary N) is 1. The standard InChI is InChI=1S/C20H30F3N3O4/c1-18(2,3)30-17(29)24-11-19-8-4-6-13(19)10-25(12-19)15(27)14-7-5-9-26(14)16(28)20(21,22)23/h13-14H,4-12H2,1-3H3,(H,24,29)/t13-,14+,19-/m1/s1. The summed E-state index contributed by atoms with van der Waals surface area (Å²) in [6.07, 6.45) is -2.19. The molecule has 0 bridgehead atoms. The molecule has 3 rings (SSSR count). The lowest BCUT2D eigenvalue weighted by atomic mass is 9.81. The molecule has 0 aromatic rings. The van der Waals surface area contributed by atoms with Crippen LogP contribution in [0.3, 0.4) is 0 Å². The van der Waals surface area contributed by atoms with Crippen LogP contribution in [-0.4, -0.2) is 71.7 Å². The fourth-order valence-corrected chi connectivity index (χ4v) is 5.07. The molecule has 0 radical (unpaired) electrons. The predicted octanol–water partition coefficient (Wildman–Crippen LogP) is 2.69. The Balaban J connectivity index is 1.65. The number of hydrogen-bond donors (Lipinski definition) is 1. The van der Waals surface area contributed by atoms with E-state index < -0.39 is 35.7 Å². The molecular formula is C20H30F3N3O4. The van der Waals surface area contributed by atoms with Crippen molar-refractivity contribution in [2.24, 2.45) is 11.3 Å². The highest BCUT2D eigenvalue weighted by atomic mass is 19.4. The first-order valence-electron chi connectivity index (χ1n) is 10.5. The Morgan fingerprint density at radius 3 is 2.47 bits per heavy atom. The number of carbonyl (C=O) groups excluding carboxylic acids is 3. The first-order chi connectivity index (χ1) is 13.8. The van der Waals surface area contributed by atoms with Crippen molar-refractivity contribution >= 4 is 17.9 Å². The van der Waals surface area contributed by atoms with Crippen LogP contribution in [0.1, 0.15) is 52.9 Å². The van der Waals surface area contributed by atoms with E-state index in [1.165, 1.54) is 0 Å². The summed E-state index contributed by atoms with van der Waals surface area (Å²) in [6, 6.07) is -1.06. The third kappa shape index (κ3) is 4.67. The van der Waals surface area contributed by atoms with Gasteiger partial charge in [0.25, 0.3) is 0 Å². The molecular weight excluding hydrogens is 403 g/mol. The minimum absolute atomic E-state index is 0.0582. The van der Waals surface area contributed by atoms with E-state index >= 15 is 0 Å². The molecule has 0 spiro atoms. The van der Waals surface area contributed by atoms with Crippen molar-refractivity contribution in [2.75, 3.05) is 26.2 Å². The number of alkyl halides is 3. The van der Waals surface area contributed by atoms with Gasteiger partial charge in [-0.25, -0.2) is 4.79 Å². The van der Waals surface area contributed by atoms with Gasteiger partial charge in [-0.05, 0) is 52.4 Å². The van der Waals surface area contributed by atoms with Crippen molar-refractivity contribution in [3.05, 3.63) is 0 Å². The van der Waals surface area contributed by atoms with Crippen molar-refractivity contribution in [1.29, 1.82) is 0 Å². The largest absolute Gasteiger partial charge is 0.471 e. The van der Waals surface area contributed by atoms with E-state index in [1.807, 2.05) is 0 Å². The van der Waals surface area contributed by atoms with Crippen LogP contribution in [0.25, 0.3) is 0 Å². The van der Waals surface area contributed by atoms with Crippen LogP contribution >= 0.6 is 0 Å². The molecule has 3 amide bonds.